The van der Waals surface area contributed by atoms with Crippen molar-refractivity contribution in [3.8, 4) is 0 Å². The van der Waals surface area contributed by atoms with Gasteiger partial charge in [0.05, 0.1) is 0 Å². The lowest BCUT2D eigenvalue weighted by atomic mass is 9.79. The lowest BCUT2D eigenvalue weighted by Gasteiger charge is -2.28. The molecule has 0 nitrogen and oxygen atoms in total. The van der Waals surface area contributed by atoms with Crippen LogP contribution in [-0.2, 0) is 10.8 Å². The predicted molar refractivity (Wildman–Crippen MR) is 91.1 cm³/mol. The lowest BCUT2D eigenvalue weighted by molar-refractivity contribution is 0.566. The zero-order valence-electron chi connectivity index (χ0n) is 14.0. The van der Waals surface area contributed by atoms with Crippen LogP contribution in [0, 0.1) is 0 Å². The van der Waals surface area contributed by atoms with Gasteiger partial charge in [0.2, 0.25) is 0 Å². The Morgan fingerprint density at radius 2 is 1.32 bits per heavy atom. The summed E-state index contributed by atoms with van der Waals surface area (Å²) in [5.41, 5.74) is 5.68. The molecule has 0 aliphatic carbocycles. The molecule has 0 aliphatic heterocycles. The van der Waals surface area contributed by atoms with E-state index in [9.17, 15) is 0 Å². The van der Waals surface area contributed by atoms with E-state index >= 15 is 0 Å². The van der Waals surface area contributed by atoms with Crippen molar-refractivity contribution in [2.24, 2.45) is 0 Å². The molecule has 2 atom stereocenters. The summed E-state index contributed by atoms with van der Waals surface area (Å²) < 4.78 is 0. The highest BCUT2D eigenvalue weighted by Gasteiger charge is 2.21. The maximum absolute atomic E-state index is 2.44. The van der Waals surface area contributed by atoms with Gasteiger partial charge >= 0.3 is 0 Å². The number of hydrogen-bond donors (Lipinski definition) is 0. The van der Waals surface area contributed by atoms with E-state index in [1.54, 1.807) is 5.56 Å². The van der Waals surface area contributed by atoms with Gasteiger partial charge in [0.25, 0.3) is 0 Å². The fraction of sp³-hybridized carbons (Fsp3) is 0.667. The molecular formula is C18H31P. The second-order valence-corrected chi connectivity index (χ2v) is 8.87. The minimum atomic E-state index is 0.227. The van der Waals surface area contributed by atoms with Crippen LogP contribution in [0.1, 0.15) is 77.2 Å². The van der Waals surface area contributed by atoms with Gasteiger partial charge < -0.3 is 0 Å². The largest absolute Gasteiger partial charge is 0.118 e. The molecule has 2 unspecified atom stereocenters. The third-order valence-electron chi connectivity index (χ3n) is 3.85. The summed E-state index contributed by atoms with van der Waals surface area (Å²) in [5, 5.41) is 0. The molecule has 0 radical (unpaired) electrons. The highest BCUT2D eigenvalue weighted by molar-refractivity contribution is 7.37. The predicted octanol–water partition coefficient (Wildman–Crippen LogP) is 6.04. The van der Waals surface area contributed by atoms with Crippen molar-refractivity contribution in [1.82, 2.24) is 0 Å². The van der Waals surface area contributed by atoms with Gasteiger partial charge in [0.1, 0.15) is 0 Å². The maximum Gasteiger partial charge on any atom is 0.000908 e. The standard InChI is InChI=1S/C18H31P/c1-9-16(19-8)13-10-14(17(2,3)4)12-15(11-13)18(5,6)7/h10-12,16,19H,9H2,1-8H3. The average molecular weight is 278 g/mol. The van der Waals surface area contributed by atoms with Crippen molar-refractivity contribution in [3.05, 3.63) is 34.9 Å². The Morgan fingerprint density at radius 3 is 1.58 bits per heavy atom. The summed E-state index contributed by atoms with van der Waals surface area (Å²) in [5.74, 6) is 0. The molecule has 0 aromatic heterocycles. The van der Waals surface area contributed by atoms with Crippen molar-refractivity contribution in [3.63, 3.8) is 0 Å². The van der Waals surface area contributed by atoms with Crippen LogP contribution in [0.5, 0.6) is 0 Å². The van der Waals surface area contributed by atoms with Crippen molar-refractivity contribution >= 4 is 8.58 Å². The first-order chi connectivity index (χ1) is 8.59. The topological polar surface area (TPSA) is 0 Å². The van der Waals surface area contributed by atoms with E-state index in [0.29, 0.717) is 0 Å². The quantitative estimate of drug-likeness (QED) is 0.591. The summed E-state index contributed by atoms with van der Waals surface area (Å²) in [7, 11) is 0.986. The van der Waals surface area contributed by atoms with E-state index in [1.165, 1.54) is 17.5 Å². The molecule has 0 heterocycles. The molecule has 0 fully saturated rings. The fourth-order valence-electron chi connectivity index (χ4n) is 2.33. The first-order valence-electron chi connectivity index (χ1n) is 7.42. The lowest BCUT2D eigenvalue weighted by Crippen LogP contribution is -2.17. The van der Waals surface area contributed by atoms with Crippen LogP contribution in [-0.4, -0.2) is 6.66 Å². The molecule has 19 heavy (non-hydrogen) atoms. The van der Waals surface area contributed by atoms with E-state index in [1.807, 2.05) is 0 Å². The van der Waals surface area contributed by atoms with Crippen molar-refractivity contribution < 1.29 is 0 Å². The summed E-state index contributed by atoms with van der Waals surface area (Å²) in [6, 6.07) is 7.30. The monoisotopic (exact) mass is 278 g/mol. The Labute approximate surface area is 122 Å². The highest BCUT2D eigenvalue weighted by Crippen LogP contribution is 2.39. The van der Waals surface area contributed by atoms with Crippen molar-refractivity contribution in [1.29, 1.82) is 0 Å². The summed E-state index contributed by atoms with van der Waals surface area (Å²) in [6.45, 7) is 18.5. The van der Waals surface area contributed by atoms with Crippen LogP contribution in [0.4, 0.5) is 0 Å². The van der Waals surface area contributed by atoms with Crippen LogP contribution in [0.2, 0.25) is 0 Å². The summed E-state index contributed by atoms with van der Waals surface area (Å²) in [4.78, 5) is 0. The molecule has 1 rings (SSSR count). The first-order valence-corrected chi connectivity index (χ1v) is 9.00. The molecule has 0 amide bonds. The minimum absolute atomic E-state index is 0.227. The zero-order chi connectivity index (χ0) is 14.8. The van der Waals surface area contributed by atoms with Gasteiger partial charge in [-0.05, 0) is 40.6 Å². The van der Waals surface area contributed by atoms with Crippen LogP contribution in [0.15, 0.2) is 18.2 Å². The van der Waals surface area contributed by atoms with Gasteiger partial charge in [-0.1, -0.05) is 66.7 Å². The molecule has 108 valence electrons. The smallest absolute Gasteiger partial charge is 0.000908 e. The minimum Gasteiger partial charge on any atom is -0.118 e. The van der Waals surface area contributed by atoms with E-state index in [-0.39, 0.29) is 10.8 Å². The van der Waals surface area contributed by atoms with Gasteiger partial charge in [-0.2, -0.15) is 0 Å². The molecule has 0 spiro atoms. The normalized spacial score (nSPS) is 15.2. The fourth-order valence-corrected chi connectivity index (χ4v) is 3.23. The van der Waals surface area contributed by atoms with Crippen LogP contribution >= 0.6 is 8.58 Å². The first kappa shape index (κ1) is 16.7. The molecule has 0 bridgehead atoms. The SMILES string of the molecule is CCC(PC)c1cc(C(C)(C)C)cc(C(C)(C)C)c1. The third kappa shape index (κ3) is 4.32. The molecule has 1 heteroatoms. The zero-order valence-corrected chi connectivity index (χ0v) is 15.0. The van der Waals surface area contributed by atoms with E-state index in [0.717, 1.165) is 14.2 Å². The molecule has 1 aromatic carbocycles. The van der Waals surface area contributed by atoms with Gasteiger partial charge in [0, 0.05) is 5.66 Å². The van der Waals surface area contributed by atoms with Crippen LogP contribution in [0.25, 0.3) is 0 Å². The highest BCUT2D eigenvalue weighted by atomic mass is 31.1. The summed E-state index contributed by atoms with van der Waals surface area (Å²) >= 11 is 0. The average Bonchev–Trinajstić information content (AvgIpc) is 2.28. The number of benzene rings is 1. The Morgan fingerprint density at radius 1 is 0.895 bits per heavy atom. The third-order valence-corrected chi connectivity index (χ3v) is 5.28. The number of hydrogen-bond acceptors (Lipinski definition) is 0. The Balaban J connectivity index is 3.41. The van der Waals surface area contributed by atoms with Gasteiger partial charge in [-0.25, -0.2) is 0 Å². The van der Waals surface area contributed by atoms with Crippen LogP contribution in [0.3, 0.4) is 0 Å². The molecule has 0 aliphatic rings. The second kappa shape index (κ2) is 5.96. The van der Waals surface area contributed by atoms with Gasteiger partial charge in [0.15, 0.2) is 0 Å². The Kier molecular flexibility index (Phi) is 5.24. The molecule has 1 aromatic rings. The molecular weight excluding hydrogens is 247 g/mol. The van der Waals surface area contributed by atoms with Gasteiger partial charge in [-0.15, -0.1) is 8.58 Å². The molecule has 0 N–H and O–H groups in total. The molecule has 0 saturated carbocycles. The van der Waals surface area contributed by atoms with Crippen molar-refractivity contribution in [2.45, 2.75) is 71.4 Å². The molecule has 0 saturated heterocycles. The van der Waals surface area contributed by atoms with Crippen molar-refractivity contribution in [2.75, 3.05) is 6.66 Å². The Bertz CT molecular complexity index is 382. The van der Waals surface area contributed by atoms with Gasteiger partial charge in [-0.3, -0.25) is 0 Å². The van der Waals surface area contributed by atoms with Crippen LogP contribution < -0.4 is 0 Å². The van der Waals surface area contributed by atoms with E-state index in [4.69, 9.17) is 0 Å². The Hall–Kier alpha value is -0.350. The van der Waals surface area contributed by atoms with E-state index in [2.05, 4.69) is 73.3 Å². The number of rotatable bonds is 3. The second-order valence-electron chi connectivity index (χ2n) is 7.59. The van der Waals surface area contributed by atoms with E-state index < -0.39 is 0 Å². The summed E-state index contributed by atoms with van der Waals surface area (Å²) in [6.07, 6.45) is 1.24. The maximum atomic E-state index is 2.44.